The van der Waals surface area contributed by atoms with Gasteiger partial charge in [-0.15, -0.1) is 11.3 Å². The van der Waals surface area contributed by atoms with E-state index in [0.717, 1.165) is 17.8 Å². The van der Waals surface area contributed by atoms with Gasteiger partial charge in [-0.25, -0.2) is 9.37 Å². The average molecular weight is 290 g/mol. The number of hydrogen-bond donors (Lipinski definition) is 0. The molecule has 1 fully saturated rings. The van der Waals surface area contributed by atoms with E-state index in [4.69, 9.17) is 0 Å². The van der Waals surface area contributed by atoms with Gasteiger partial charge in [-0.3, -0.25) is 4.79 Å². The molecule has 0 unspecified atom stereocenters. The number of nitrogens with zero attached hydrogens (tertiary/aromatic N) is 2. The maximum Gasteiger partial charge on any atom is 0.256 e. The molecule has 1 aromatic heterocycles. The van der Waals surface area contributed by atoms with Crippen molar-refractivity contribution in [2.24, 2.45) is 0 Å². The Kier molecular flexibility index (Phi) is 3.78. The number of rotatable bonds is 2. The number of aromatic nitrogens is 1. The van der Waals surface area contributed by atoms with Crippen LogP contribution in [0.25, 0.3) is 0 Å². The third-order valence-corrected chi connectivity index (χ3v) is 4.63. The van der Waals surface area contributed by atoms with Gasteiger partial charge in [-0.05, 0) is 25.0 Å². The average Bonchev–Trinajstić information content (AvgIpc) is 3.01. The van der Waals surface area contributed by atoms with Crippen molar-refractivity contribution < 1.29 is 9.18 Å². The van der Waals surface area contributed by atoms with Gasteiger partial charge in [0.05, 0.1) is 10.6 Å². The molecule has 0 saturated carbocycles. The predicted molar refractivity (Wildman–Crippen MR) is 76.4 cm³/mol. The number of carbonyl (C=O) groups is 1. The van der Waals surface area contributed by atoms with Crippen molar-refractivity contribution in [3.63, 3.8) is 0 Å². The largest absolute Gasteiger partial charge is 0.339 e. The maximum atomic E-state index is 13.6. The van der Waals surface area contributed by atoms with Crippen molar-refractivity contribution in [2.45, 2.75) is 18.8 Å². The Morgan fingerprint density at radius 3 is 2.70 bits per heavy atom. The van der Waals surface area contributed by atoms with Gasteiger partial charge in [0.2, 0.25) is 0 Å². The van der Waals surface area contributed by atoms with Gasteiger partial charge in [-0.1, -0.05) is 12.1 Å². The molecule has 0 spiro atoms. The molecule has 0 aliphatic carbocycles. The Labute approximate surface area is 121 Å². The number of benzene rings is 1. The van der Waals surface area contributed by atoms with Gasteiger partial charge in [0.15, 0.2) is 0 Å². The topological polar surface area (TPSA) is 33.2 Å². The zero-order valence-corrected chi connectivity index (χ0v) is 11.8. The highest BCUT2D eigenvalue weighted by Crippen LogP contribution is 2.29. The fraction of sp³-hybridized carbons (Fsp3) is 0.333. The van der Waals surface area contributed by atoms with E-state index in [1.54, 1.807) is 34.4 Å². The number of likely N-dealkylation sites (tertiary alicyclic amines) is 1. The number of thiazole rings is 1. The zero-order valence-electron chi connectivity index (χ0n) is 11.0. The summed E-state index contributed by atoms with van der Waals surface area (Å²) >= 11 is 1.66. The highest BCUT2D eigenvalue weighted by Gasteiger charge is 2.26. The van der Waals surface area contributed by atoms with E-state index in [1.165, 1.54) is 6.07 Å². The van der Waals surface area contributed by atoms with E-state index in [2.05, 4.69) is 4.98 Å². The van der Waals surface area contributed by atoms with Crippen LogP contribution in [0.3, 0.4) is 0 Å². The zero-order chi connectivity index (χ0) is 13.9. The van der Waals surface area contributed by atoms with E-state index in [0.29, 0.717) is 19.0 Å². The Morgan fingerprint density at radius 2 is 2.05 bits per heavy atom. The fourth-order valence-electron chi connectivity index (χ4n) is 2.57. The molecule has 2 aromatic rings. The number of halogens is 1. The van der Waals surface area contributed by atoms with Crippen molar-refractivity contribution >= 4 is 17.2 Å². The van der Waals surface area contributed by atoms with Crippen LogP contribution in [0.5, 0.6) is 0 Å². The highest BCUT2D eigenvalue weighted by molar-refractivity contribution is 7.09. The van der Waals surface area contributed by atoms with Crippen LogP contribution in [0.4, 0.5) is 4.39 Å². The third-order valence-electron chi connectivity index (χ3n) is 3.69. The first-order valence-electron chi connectivity index (χ1n) is 6.69. The van der Waals surface area contributed by atoms with Crippen molar-refractivity contribution in [3.8, 4) is 0 Å². The lowest BCUT2D eigenvalue weighted by Crippen LogP contribution is -2.38. The van der Waals surface area contributed by atoms with E-state index in [9.17, 15) is 9.18 Å². The minimum atomic E-state index is -0.445. The Balaban J connectivity index is 1.66. The van der Waals surface area contributed by atoms with Gasteiger partial charge in [-0.2, -0.15) is 0 Å². The summed E-state index contributed by atoms with van der Waals surface area (Å²) < 4.78 is 13.6. The van der Waals surface area contributed by atoms with Crippen LogP contribution in [0.15, 0.2) is 35.8 Å². The van der Waals surface area contributed by atoms with Crippen LogP contribution in [-0.4, -0.2) is 28.9 Å². The second-order valence-corrected chi connectivity index (χ2v) is 5.84. The standard InChI is InChI=1S/C15H15FN2OS/c16-13-4-2-1-3-12(13)15(19)18-8-5-11(6-9-18)14-17-7-10-20-14/h1-4,7,10-11H,5-6,8-9H2. The Hall–Kier alpha value is -1.75. The van der Waals surface area contributed by atoms with Crippen molar-refractivity contribution in [1.82, 2.24) is 9.88 Å². The van der Waals surface area contributed by atoms with Crippen LogP contribution in [0.2, 0.25) is 0 Å². The van der Waals surface area contributed by atoms with Crippen LogP contribution in [-0.2, 0) is 0 Å². The van der Waals surface area contributed by atoms with Crippen LogP contribution < -0.4 is 0 Å². The molecule has 1 amide bonds. The lowest BCUT2D eigenvalue weighted by molar-refractivity contribution is 0.0708. The molecule has 20 heavy (non-hydrogen) atoms. The molecule has 3 rings (SSSR count). The first-order valence-corrected chi connectivity index (χ1v) is 7.57. The summed E-state index contributed by atoms with van der Waals surface area (Å²) in [6.45, 7) is 1.33. The Morgan fingerprint density at radius 1 is 1.30 bits per heavy atom. The molecule has 2 heterocycles. The summed E-state index contributed by atoms with van der Waals surface area (Å²) in [6.07, 6.45) is 3.61. The molecular weight excluding hydrogens is 275 g/mol. The Bertz CT molecular complexity index is 592. The molecular formula is C15H15FN2OS. The number of piperidine rings is 1. The highest BCUT2D eigenvalue weighted by atomic mass is 32.1. The number of carbonyl (C=O) groups excluding carboxylic acids is 1. The molecule has 1 aromatic carbocycles. The molecule has 0 N–H and O–H groups in total. The summed E-state index contributed by atoms with van der Waals surface area (Å²) in [5.41, 5.74) is 0.167. The molecule has 0 radical (unpaired) electrons. The summed E-state index contributed by atoms with van der Waals surface area (Å²) in [6, 6.07) is 6.17. The molecule has 1 saturated heterocycles. The molecule has 1 aliphatic rings. The lowest BCUT2D eigenvalue weighted by atomic mass is 9.97. The predicted octanol–water partition coefficient (Wildman–Crippen LogP) is 3.30. The van der Waals surface area contributed by atoms with Gasteiger partial charge >= 0.3 is 0 Å². The summed E-state index contributed by atoms with van der Waals surface area (Å²) in [5.74, 6) is -0.222. The monoisotopic (exact) mass is 290 g/mol. The van der Waals surface area contributed by atoms with E-state index < -0.39 is 5.82 Å². The minimum Gasteiger partial charge on any atom is -0.339 e. The molecule has 104 valence electrons. The van der Waals surface area contributed by atoms with Crippen LogP contribution in [0, 0.1) is 5.82 Å². The lowest BCUT2D eigenvalue weighted by Gasteiger charge is -2.31. The summed E-state index contributed by atoms with van der Waals surface area (Å²) in [4.78, 5) is 18.4. The molecule has 3 nitrogen and oxygen atoms in total. The normalized spacial score (nSPS) is 16.4. The second kappa shape index (κ2) is 5.71. The van der Waals surface area contributed by atoms with Crippen LogP contribution >= 0.6 is 11.3 Å². The quantitative estimate of drug-likeness (QED) is 0.850. The first kappa shape index (κ1) is 13.2. The summed E-state index contributed by atoms with van der Waals surface area (Å²) in [7, 11) is 0. The first-order chi connectivity index (χ1) is 9.75. The van der Waals surface area contributed by atoms with E-state index in [1.807, 2.05) is 11.6 Å². The molecule has 0 atom stereocenters. The number of amides is 1. The van der Waals surface area contributed by atoms with E-state index in [-0.39, 0.29) is 11.5 Å². The molecule has 5 heteroatoms. The number of hydrogen-bond acceptors (Lipinski definition) is 3. The van der Waals surface area contributed by atoms with Crippen molar-refractivity contribution in [1.29, 1.82) is 0 Å². The van der Waals surface area contributed by atoms with Gasteiger partial charge < -0.3 is 4.90 Å². The smallest absolute Gasteiger partial charge is 0.256 e. The SMILES string of the molecule is O=C(c1ccccc1F)N1CCC(c2nccs2)CC1. The van der Waals surface area contributed by atoms with Crippen molar-refractivity contribution in [2.75, 3.05) is 13.1 Å². The van der Waals surface area contributed by atoms with Crippen molar-refractivity contribution in [3.05, 3.63) is 52.2 Å². The minimum absolute atomic E-state index is 0.167. The third kappa shape index (κ3) is 2.58. The van der Waals surface area contributed by atoms with Gasteiger partial charge in [0, 0.05) is 30.6 Å². The van der Waals surface area contributed by atoms with Crippen LogP contribution in [0.1, 0.15) is 34.1 Å². The molecule has 1 aliphatic heterocycles. The van der Waals surface area contributed by atoms with Gasteiger partial charge in [0.25, 0.3) is 5.91 Å². The fourth-order valence-corrected chi connectivity index (χ4v) is 3.38. The van der Waals surface area contributed by atoms with E-state index >= 15 is 0 Å². The summed E-state index contributed by atoms with van der Waals surface area (Å²) in [5, 5.41) is 3.12. The van der Waals surface area contributed by atoms with Gasteiger partial charge in [0.1, 0.15) is 5.82 Å². The maximum absolute atomic E-state index is 13.6. The second-order valence-electron chi connectivity index (χ2n) is 4.92. The molecule has 0 bridgehead atoms.